The highest BCUT2D eigenvalue weighted by molar-refractivity contribution is 7.15. The standard InChI is InChI=1S/C9H10F2N2O2S/c10-9(11)2-1-4(7(14)15)3-5-6(9)13-8(12)16-5/h4H,1-3H2,(H2,12,13)(H,14,15). The topological polar surface area (TPSA) is 76.2 Å². The van der Waals surface area contributed by atoms with Crippen molar-refractivity contribution in [2.24, 2.45) is 5.92 Å². The first kappa shape index (κ1) is 11.3. The van der Waals surface area contributed by atoms with E-state index in [1.165, 1.54) is 0 Å². The summed E-state index contributed by atoms with van der Waals surface area (Å²) in [5.74, 6) is -4.88. The third-order valence-corrected chi connectivity index (χ3v) is 3.55. The number of aromatic nitrogens is 1. The lowest BCUT2D eigenvalue weighted by molar-refractivity contribution is -0.142. The maximum Gasteiger partial charge on any atom is 0.306 e. The van der Waals surface area contributed by atoms with Gasteiger partial charge in [-0.2, -0.15) is 8.78 Å². The smallest absolute Gasteiger partial charge is 0.306 e. The number of hydrogen-bond donors (Lipinski definition) is 2. The normalized spacial score (nSPS) is 23.5. The molecule has 0 amide bonds. The van der Waals surface area contributed by atoms with Gasteiger partial charge in [0.25, 0.3) is 5.92 Å². The largest absolute Gasteiger partial charge is 0.481 e. The van der Waals surface area contributed by atoms with E-state index in [4.69, 9.17) is 10.8 Å². The molecule has 0 radical (unpaired) electrons. The van der Waals surface area contributed by atoms with Gasteiger partial charge in [-0.05, 0) is 12.8 Å². The van der Waals surface area contributed by atoms with E-state index in [1.807, 2.05) is 0 Å². The Bertz CT molecular complexity index is 433. The van der Waals surface area contributed by atoms with E-state index in [9.17, 15) is 13.6 Å². The van der Waals surface area contributed by atoms with Gasteiger partial charge in [0.05, 0.1) is 5.92 Å². The second kappa shape index (κ2) is 3.65. The van der Waals surface area contributed by atoms with Crippen LogP contribution in [0.3, 0.4) is 0 Å². The van der Waals surface area contributed by atoms with E-state index in [1.54, 1.807) is 0 Å². The minimum absolute atomic E-state index is 0.0364. The fourth-order valence-electron chi connectivity index (χ4n) is 1.80. The summed E-state index contributed by atoms with van der Waals surface area (Å²) in [5.41, 5.74) is 5.04. The number of aliphatic carboxylic acids is 1. The summed E-state index contributed by atoms with van der Waals surface area (Å²) in [7, 11) is 0. The summed E-state index contributed by atoms with van der Waals surface area (Å²) in [4.78, 5) is 14.8. The van der Waals surface area contributed by atoms with Crippen molar-refractivity contribution in [2.45, 2.75) is 25.2 Å². The van der Waals surface area contributed by atoms with Gasteiger partial charge in [0.15, 0.2) is 5.13 Å². The lowest BCUT2D eigenvalue weighted by Crippen LogP contribution is -2.16. The van der Waals surface area contributed by atoms with E-state index >= 15 is 0 Å². The van der Waals surface area contributed by atoms with Crippen LogP contribution in [0.15, 0.2) is 0 Å². The summed E-state index contributed by atoms with van der Waals surface area (Å²) in [6.07, 6.45) is -0.430. The number of anilines is 1. The number of hydrogen-bond acceptors (Lipinski definition) is 4. The zero-order valence-electron chi connectivity index (χ0n) is 8.24. The molecule has 3 N–H and O–H groups in total. The molecule has 0 fully saturated rings. The van der Waals surface area contributed by atoms with Gasteiger partial charge < -0.3 is 10.8 Å². The van der Waals surface area contributed by atoms with Crippen molar-refractivity contribution >= 4 is 22.4 Å². The van der Waals surface area contributed by atoms with Crippen molar-refractivity contribution in [2.75, 3.05) is 5.73 Å². The van der Waals surface area contributed by atoms with Gasteiger partial charge in [-0.25, -0.2) is 4.98 Å². The van der Waals surface area contributed by atoms with Crippen LogP contribution in [0.25, 0.3) is 0 Å². The third kappa shape index (κ3) is 1.87. The number of nitrogen functional groups attached to an aromatic ring is 1. The number of alkyl halides is 2. The van der Waals surface area contributed by atoms with Crippen LogP contribution in [0.2, 0.25) is 0 Å². The van der Waals surface area contributed by atoms with Crippen molar-refractivity contribution < 1.29 is 18.7 Å². The summed E-state index contributed by atoms with van der Waals surface area (Å²) < 4.78 is 27.2. The monoisotopic (exact) mass is 248 g/mol. The number of nitrogens with zero attached hydrogens (tertiary/aromatic N) is 1. The SMILES string of the molecule is Nc1nc2c(s1)CC(C(=O)O)CCC2(F)F. The summed E-state index contributed by atoms with van der Waals surface area (Å²) >= 11 is 0.950. The van der Waals surface area contributed by atoms with E-state index in [2.05, 4.69) is 4.98 Å². The molecule has 1 aromatic rings. The van der Waals surface area contributed by atoms with Crippen LogP contribution >= 0.6 is 11.3 Å². The van der Waals surface area contributed by atoms with E-state index in [0.29, 0.717) is 4.88 Å². The molecule has 0 saturated heterocycles. The lowest BCUT2D eigenvalue weighted by atomic mass is 10.0. The van der Waals surface area contributed by atoms with Crippen molar-refractivity contribution in [3.8, 4) is 0 Å². The van der Waals surface area contributed by atoms with Crippen LogP contribution in [-0.2, 0) is 17.1 Å². The maximum atomic E-state index is 13.6. The fraction of sp³-hybridized carbons (Fsp3) is 0.556. The van der Waals surface area contributed by atoms with Crippen LogP contribution in [-0.4, -0.2) is 16.1 Å². The Balaban J connectivity index is 2.41. The molecule has 2 rings (SSSR count). The van der Waals surface area contributed by atoms with Crippen molar-refractivity contribution in [3.05, 3.63) is 10.6 Å². The average Bonchev–Trinajstić information content (AvgIpc) is 2.49. The van der Waals surface area contributed by atoms with Crippen LogP contribution < -0.4 is 5.73 Å². The van der Waals surface area contributed by atoms with Crippen LogP contribution in [0.4, 0.5) is 13.9 Å². The number of halogens is 2. The molecule has 16 heavy (non-hydrogen) atoms. The summed E-state index contributed by atoms with van der Waals surface area (Å²) in [5, 5.41) is 8.94. The molecular formula is C9H10F2N2O2S. The summed E-state index contributed by atoms with van der Waals surface area (Å²) in [6.45, 7) is 0. The fourth-order valence-corrected chi connectivity index (χ4v) is 2.77. The number of carboxylic acids is 1. The number of thiazole rings is 1. The Hall–Kier alpha value is -1.24. The number of carboxylic acid groups (broad SMARTS) is 1. The zero-order valence-corrected chi connectivity index (χ0v) is 9.06. The molecule has 1 heterocycles. The highest BCUT2D eigenvalue weighted by Gasteiger charge is 2.42. The molecule has 1 unspecified atom stereocenters. The Kier molecular flexibility index (Phi) is 2.57. The molecular weight excluding hydrogens is 238 g/mol. The third-order valence-electron chi connectivity index (χ3n) is 2.65. The lowest BCUT2D eigenvalue weighted by Gasteiger charge is -2.12. The predicted octanol–water partition coefficient (Wildman–Crippen LogP) is 1.85. The zero-order chi connectivity index (χ0) is 11.9. The number of carbonyl (C=O) groups is 1. The molecule has 0 aromatic carbocycles. The molecule has 1 aliphatic rings. The Morgan fingerprint density at radius 1 is 1.62 bits per heavy atom. The number of rotatable bonds is 1. The Morgan fingerprint density at radius 2 is 2.31 bits per heavy atom. The van der Waals surface area contributed by atoms with Gasteiger partial charge in [0, 0.05) is 11.3 Å². The molecule has 0 bridgehead atoms. The first-order chi connectivity index (χ1) is 7.40. The maximum absolute atomic E-state index is 13.6. The molecule has 0 spiro atoms. The van der Waals surface area contributed by atoms with Gasteiger partial charge in [0.2, 0.25) is 0 Å². The first-order valence-corrected chi connectivity index (χ1v) is 5.58. The second-order valence-corrected chi connectivity index (χ2v) is 4.92. The van der Waals surface area contributed by atoms with Crippen molar-refractivity contribution in [3.63, 3.8) is 0 Å². The van der Waals surface area contributed by atoms with Crippen LogP contribution in [0.5, 0.6) is 0 Å². The second-order valence-electron chi connectivity index (χ2n) is 3.81. The summed E-state index contributed by atoms with van der Waals surface area (Å²) in [6, 6.07) is 0. The quantitative estimate of drug-likeness (QED) is 0.744. The van der Waals surface area contributed by atoms with Crippen LogP contribution in [0.1, 0.15) is 23.4 Å². The predicted molar refractivity (Wildman–Crippen MR) is 54.5 cm³/mol. The molecule has 0 saturated carbocycles. The van der Waals surface area contributed by atoms with Crippen LogP contribution in [0, 0.1) is 5.92 Å². The van der Waals surface area contributed by atoms with E-state index in [0.717, 1.165) is 11.3 Å². The molecule has 88 valence electrons. The average molecular weight is 248 g/mol. The molecule has 4 nitrogen and oxygen atoms in total. The number of nitrogens with two attached hydrogens (primary N) is 1. The van der Waals surface area contributed by atoms with Gasteiger partial charge in [0.1, 0.15) is 5.69 Å². The minimum Gasteiger partial charge on any atom is -0.481 e. The van der Waals surface area contributed by atoms with Crippen molar-refractivity contribution in [1.29, 1.82) is 0 Å². The Morgan fingerprint density at radius 3 is 2.94 bits per heavy atom. The first-order valence-electron chi connectivity index (χ1n) is 4.76. The van der Waals surface area contributed by atoms with Gasteiger partial charge in [-0.3, -0.25) is 4.79 Å². The minimum atomic E-state index is -3.06. The molecule has 1 aliphatic carbocycles. The van der Waals surface area contributed by atoms with E-state index in [-0.39, 0.29) is 23.7 Å². The van der Waals surface area contributed by atoms with Gasteiger partial charge in [-0.15, -0.1) is 11.3 Å². The highest BCUT2D eigenvalue weighted by Crippen LogP contribution is 2.42. The number of fused-ring (bicyclic) bond motifs is 1. The molecule has 0 aliphatic heterocycles. The highest BCUT2D eigenvalue weighted by atomic mass is 32.1. The molecule has 1 atom stereocenters. The molecule has 7 heteroatoms. The van der Waals surface area contributed by atoms with Gasteiger partial charge in [-0.1, -0.05) is 0 Å². The Labute approximate surface area is 94.1 Å². The molecule has 1 aromatic heterocycles. The van der Waals surface area contributed by atoms with Gasteiger partial charge >= 0.3 is 5.97 Å². The van der Waals surface area contributed by atoms with Crippen molar-refractivity contribution in [1.82, 2.24) is 4.98 Å². The van der Waals surface area contributed by atoms with E-state index < -0.39 is 24.2 Å².